The highest BCUT2D eigenvalue weighted by atomic mass is 19.3. The average molecular weight is 246 g/mol. The van der Waals surface area contributed by atoms with Crippen LogP contribution in [0.1, 0.15) is 37.3 Å². The van der Waals surface area contributed by atoms with Gasteiger partial charge in [0.25, 0.3) is 5.92 Å². The van der Waals surface area contributed by atoms with E-state index in [1.165, 1.54) is 0 Å². The molecule has 5 heteroatoms. The number of carbonyl (C=O) groups is 1. The smallest absolute Gasteiger partial charge is 0.311 e. The molecule has 0 radical (unpaired) electrons. The van der Waals surface area contributed by atoms with Gasteiger partial charge in [-0.25, -0.2) is 13.2 Å². The van der Waals surface area contributed by atoms with Crippen molar-refractivity contribution >= 4 is 5.97 Å². The van der Waals surface area contributed by atoms with Gasteiger partial charge < -0.3 is 5.11 Å². The van der Waals surface area contributed by atoms with Gasteiger partial charge in [-0.3, -0.25) is 4.79 Å². The number of carboxylic acid groups (broad SMARTS) is 1. The fourth-order valence-electron chi connectivity index (χ4n) is 1.61. The standard InChI is InChI=1S/C12H13F3O2/c1-3-8(11(16)17)9-6-7(12(2,14)15)4-5-10(9)13/h4-6,8H,3H2,1-2H3,(H,16,17). The van der Waals surface area contributed by atoms with Crippen LogP contribution in [0, 0.1) is 5.82 Å². The van der Waals surface area contributed by atoms with Crippen LogP contribution in [0.15, 0.2) is 18.2 Å². The van der Waals surface area contributed by atoms with Gasteiger partial charge in [0.15, 0.2) is 0 Å². The Labute approximate surface area is 97.1 Å². The molecule has 1 aromatic rings. The van der Waals surface area contributed by atoms with E-state index in [0.29, 0.717) is 6.92 Å². The third kappa shape index (κ3) is 2.99. The lowest BCUT2D eigenvalue weighted by Crippen LogP contribution is -2.15. The number of alkyl halides is 2. The molecule has 0 bridgehead atoms. The molecule has 0 spiro atoms. The van der Waals surface area contributed by atoms with Crippen molar-refractivity contribution in [3.05, 3.63) is 35.1 Å². The first-order valence-corrected chi connectivity index (χ1v) is 5.18. The molecule has 1 aromatic carbocycles. The fourth-order valence-corrected chi connectivity index (χ4v) is 1.61. The Morgan fingerprint density at radius 2 is 2.06 bits per heavy atom. The summed E-state index contributed by atoms with van der Waals surface area (Å²) in [5.74, 6) is -6.20. The highest BCUT2D eigenvalue weighted by Gasteiger charge is 2.28. The second kappa shape index (κ2) is 4.77. The fraction of sp³-hybridized carbons (Fsp3) is 0.417. The first-order valence-electron chi connectivity index (χ1n) is 5.18. The van der Waals surface area contributed by atoms with Crippen LogP contribution in [-0.4, -0.2) is 11.1 Å². The van der Waals surface area contributed by atoms with Crippen LogP contribution >= 0.6 is 0 Å². The van der Waals surface area contributed by atoms with E-state index in [2.05, 4.69) is 0 Å². The van der Waals surface area contributed by atoms with Crippen LogP contribution < -0.4 is 0 Å². The quantitative estimate of drug-likeness (QED) is 0.882. The summed E-state index contributed by atoms with van der Waals surface area (Å²) in [5.41, 5.74) is -0.576. The first-order chi connectivity index (χ1) is 7.77. The number of hydrogen-bond donors (Lipinski definition) is 1. The number of halogens is 3. The third-order valence-corrected chi connectivity index (χ3v) is 2.58. The van der Waals surface area contributed by atoms with Crippen molar-refractivity contribution in [1.29, 1.82) is 0 Å². The van der Waals surface area contributed by atoms with E-state index in [9.17, 15) is 18.0 Å². The summed E-state index contributed by atoms with van der Waals surface area (Å²) in [7, 11) is 0. The average Bonchev–Trinajstić information content (AvgIpc) is 2.19. The second-order valence-corrected chi connectivity index (χ2v) is 3.92. The minimum absolute atomic E-state index is 0.144. The van der Waals surface area contributed by atoms with E-state index in [1.807, 2.05) is 0 Å². The van der Waals surface area contributed by atoms with Crippen LogP contribution in [0.3, 0.4) is 0 Å². The topological polar surface area (TPSA) is 37.3 Å². The van der Waals surface area contributed by atoms with Crippen LogP contribution in [0.2, 0.25) is 0 Å². The Balaban J connectivity index is 3.28. The normalized spacial score (nSPS) is 13.5. The summed E-state index contributed by atoms with van der Waals surface area (Å²) in [4.78, 5) is 10.9. The zero-order valence-electron chi connectivity index (χ0n) is 9.51. The molecule has 17 heavy (non-hydrogen) atoms. The summed E-state index contributed by atoms with van der Waals surface area (Å²) < 4.78 is 39.6. The molecule has 0 saturated carbocycles. The zero-order valence-corrected chi connectivity index (χ0v) is 9.51. The molecule has 1 N–H and O–H groups in total. The molecule has 1 unspecified atom stereocenters. The van der Waals surface area contributed by atoms with Gasteiger partial charge in [-0.05, 0) is 18.6 Å². The van der Waals surface area contributed by atoms with Crippen LogP contribution in [0.4, 0.5) is 13.2 Å². The van der Waals surface area contributed by atoms with E-state index >= 15 is 0 Å². The molecular weight excluding hydrogens is 233 g/mol. The van der Waals surface area contributed by atoms with Gasteiger partial charge in [0.1, 0.15) is 5.82 Å². The van der Waals surface area contributed by atoms with E-state index in [0.717, 1.165) is 18.2 Å². The van der Waals surface area contributed by atoms with Gasteiger partial charge >= 0.3 is 5.97 Å². The molecule has 1 rings (SSSR count). The van der Waals surface area contributed by atoms with Crippen molar-refractivity contribution in [2.45, 2.75) is 32.1 Å². The Kier molecular flexibility index (Phi) is 3.80. The molecule has 0 heterocycles. The molecule has 0 aromatic heterocycles. The van der Waals surface area contributed by atoms with Crippen molar-refractivity contribution in [3.63, 3.8) is 0 Å². The van der Waals surface area contributed by atoms with Crippen molar-refractivity contribution < 1.29 is 23.1 Å². The van der Waals surface area contributed by atoms with Crippen LogP contribution in [0.5, 0.6) is 0 Å². The summed E-state index contributed by atoms with van der Waals surface area (Å²) >= 11 is 0. The highest BCUT2D eigenvalue weighted by molar-refractivity contribution is 5.76. The molecule has 2 nitrogen and oxygen atoms in total. The Morgan fingerprint density at radius 1 is 1.47 bits per heavy atom. The van der Waals surface area contributed by atoms with E-state index in [1.54, 1.807) is 6.92 Å². The number of carboxylic acids is 1. The Hall–Kier alpha value is -1.52. The van der Waals surface area contributed by atoms with E-state index < -0.39 is 23.6 Å². The number of rotatable bonds is 4. The predicted octanol–water partition coefficient (Wildman–Crippen LogP) is 3.52. The molecule has 0 amide bonds. The lowest BCUT2D eigenvalue weighted by atomic mass is 9.93. The van der Waals surface area contributed by atoms with Gasteiger partial charge in [-0.1, -0.05) is 13.0 Å². The summed E-state index contributed by atoms with van der Waals surface area (Å²) in [6.45, 7) is 2.25. The third-order valence-electron chi connectivity index (χ3n) is 2.58. The van der Waals surface area contributed by atoms with Gasteiger partial charge in [0, 0.05) is 18.1 Å². The second-order valence-electron chi connectivity index (χ2n) is 3.92. The maximum absolute atomic E-state index is 13.4. The minimum Gasteiger partial charge on any atom is -0.481 e. The van der Waals surface area contributed by atoms with Crippen LogP contribution in [0.25, 0.3) is 0 Å². The molecular formula is C12H13F3O2. The van der Waals surface area contributed by atoms with Crippen molar-refractivity contribution in [2.75, 3.05) is 0 Å². The monoisotopic (exact) mass is 246 g/mol. The molecule has 0 aliphatic heterocycles. The summed E-state index contributed by atoms with van der Waals surface area (Å²) in [6.07, 6.45) is 0.144. The first kappa shape index (κ1) is 13.5. The largest absolute Gasteiger partial charge is 0.481 e. The molecule has 0 aliphatic rings. The molecule has 0 fully saturated rings. The molecule has 0 saturated heterocycles. The van der Waals surface area contributed by atoms with Crippen molar-refractivity contribution in [1.82, 2.24) is 0 Å². The van der Waals surface area contributed by atoms with E-state index in [4.69, 9.17) is 5.11 Å². The van der Waals surface area contributed by atoms with Gasteiger partial charge in [0.2, 0.25) is 0 Å². The van der Waals surface area contributed by atoms with Gasteiger partial charge in [0.05, 0.1) is 5.92 Å². The number of hydrogen-bond acceptors (Lipinski definition) is 1. The molecule has 1 atom stereocenters. The highest BCUT2D eigenvalue weighted by Crippen LogP contribution is 2.31. The Bertz CT molecular complexity index is 424. The number of aliphatic carboxylic acids is 1. The van der Waals surface area contributed by atoms with Gasteiger partial charge in [-0.15, -0.1) is 0 Å². The maximum Gasteiger partial charge on any atom is 0.311 e. The summed E-state index contributed by atoms with van der Waals surface area (Å²) in [5, 5.41) is 8.89. The SMILES string of the molecule is CCC(C(=O)O)c1cc(C(C)(F)F)ccc1F. The van der Waals surface area contributed by atoms with E-state index in [-0.39, 0.29) is 17.5 Å². The lowest BCUT2D eigenvalue weighted by molar-refractivity contribution is -0.138. The Morgan fingerprint density at radius 3 is 2.47 bits per heavy atom. The predicted molar refractivity (Wildman–Crippen MR) is 56.6 cm³/mol. The zero-order chi connectivity index (χ0) is 13.2. The number of benzene rings is 1. The minimum atomic E-state index is -3.11. The maximum atomic E-state index is 13.4. The molecule has 0 aliphatic carbocycles. The van der Waals surface area contributed by atoms with Crippen LogP contribution in [-0.2, 0) is 10.7 Å². The molecule has 94 valence electrons. The lowest BCUT2D eigenvalue weighted by Gasteiger charge is -2.16. The van der Waals surface area contributed by atoms with Gasteiger partial charge in [-0.2, -0.15) is 0 Å². The summed E-state index contributed by atoms with van der Waals surface area (Å²) in [6, 6.07) is 2.78. The van der Waals surface area contributed by atoms with Crippen molar-refractivity contribution in [3.8, 4) is 0 Å². The van der Waals surface area contributed by atoms with Crippen molar-refractivity contribution in [2.24, 2.45) is 0 Å².